The van der Waals surface area contributed by atoms with Gasteiger partial charge in [0.1, 0.15) is 11.9 Å². The molecule has 1 aromatic carbocycles. The van der Waals surface area contributed by atoms with Gasteiger partial charge in [-0.05, 0) is 31.0 Å². The smallest absolute Gasteiger partial charge is 0.307 e. The molecule has 2 rings (SSSR count). The Morgan fingerprint density at radius 3 is 2.57 bits per heavy atom. The average Bonchev–Trinajstić information content (AvgIpc) is 2.48. The van der Waals surface area contributed by atoms with Crippen molar-refractivity contribution < 1.29 is 19.1 Å². The number of carboxylic acid groups (broad SMARTS) is 1. The number of aliphatic carboxylic acids is 1. The summed E-state index contributed by atoms with van der Waals surface area (Å²) in [5, 5.41) is 20.6. The first-order valence-electron chi connectivity index (χ1n) is 6.41. The monoisotopic (exact) mass is 288 g/mol. The molecule has 1 aliphatic rings. The van der Waals surface area contributed by atoms with Gasteiger partial charge < -0.3 is 10.4 Å². The largest absolute Gasteiger partial charge is 0.481 e. The maximum absolute atomic E-state index is 13.0. The van der Waals surface area contributed by atoms with Gasteiger partial charge in [-0.1, -0.05) is 12.2 Å². The van der Waals surface area contributed by atoms with Gasteiger partial charge in [-0.2, -0.15) is 5.26 Å². The molecule has 0 saturated carbocycles. The Balaban J connectivity index is 2.20. The van der Waals surface area contributed by atoms with E-state index in [2.05, 4.69) is 5.32 Å². The molecule has 2 N–H and O–H groups in total. The lowest BCUT2D eigenvalue weighted by atomic mass is 9.82. The summed E-state index contributed by atoms with van der Waals surface area (Å²) in [6, 6.07) is 5.24. The summed E-state index contributed by atoms with van der Waals surface area (Å²) in [4.78, 5) is 23.4. The Morgan fingerprint density at radius 2 is 1.95 bits per heavy atom. The predicted molar refractivity (Wildman–Crippen MR) is 72.7 cm³/mol. The highest BCUT2D eigenvalue weighted by atomic mass is 19.1. The normalized spacial score (nSPS) is 20.6. The third kappa shape index (κ3) is 3.26. The summed E-state index contributed by atoms with van der Waals surface area (Å²) in [6.45, 7) is 0. The fraction of sp³-hybridized carbons (Fsp3) is 0.267. The highest BCUT2D eigenvalue weighted by Gasteiger charge is 2.34. The first-order chi connectivity index (χ1) is 10.0. The Labute approximate surface area is 120 Å². The Bertz CT molecular complexity index is 649. The number of nitrogens with zero attached hydrogens (tertiary/aromatic N) is 1. The molecule has 0 heterocycles. The molecule has 0 spiro atoms. The average molecular weight is 288 g/mol. The summed E-state index contributed by atoms with van der Waals surface area (Å²) >= 11 is 0. The van der Waals surface area contributed by atoms with Crippen LogP contribution in [0.3, 0.4) is 0 Å². The van der Waals surface area contributed by atoms with Gasteiger partial charge in [0.2, 0.25) is 5.91 Å². The van der Waals surface area contributed by atoms with Crippen LogP contribution in [0.4, 0.5) is 10.1 Å². The van der Waals surface area contributed by atoms with E-state index in [1.165, 1.54) is 6.07 Å². The molecule has 0 unspecified atom stereocenters. The number of halogens is 1. The number of hydrogen-bond donors (Lipinski definition) is 2. The Morgan fingerprint density at radius 1 is 1.29 bits per heavy atom. The molecule has 0 radical (unpaired) electrons. The van der Waals surface area contributed by atoms with Crippen molar-refractivity contribution in [3.63, 3.8) is 0 Å². The molecule has 108 valence electrons. The number of nitrogens with one attached hydrogen (secondary N) is 1. The van der Waals surface area contributed by atoms with E-state index in [9.17, 15) is 14.0 Å². The minimum Gasteiger partial charge on any atom is -0.481 e. The van der Waals surface area contributed by atoms with E-state index in [0.29, 0.717) is 12.8 Å². The van der Waals surface area contributed by atoms with Crippen molar-refractivity contribution >= 4 is 17.6 Å². The van der Waals surface area contributed by atoms with Gasteiger partial charge in [-0.25, -0.2) is 4.39 Å². The van der Waals surface area contributed by atoms with Gasteiger partial charge in [-0.15, -0.1) is 0 Å². The van der Waals surface area contributed by atoms with Crippen molar-refractivity contribution in [1.29, 1.82) is 5.26 Å². The van der Waals surface area contributed by atoms with Crippen molar-refractivity contribution in [1.82, 2.24) is 0 Å². The number of benzene rings is 1. The first-order valence-corrected chi connectivity index (χ1v) is 6.41. The second-order valence-electron chi connectivity index (χ2n) is 4.78. The summed E-state index contributed by atoms with van der Waals surface area (Å²) in [5.74, 6) is -3.58. The molecule has 5 nitrogen and oxygen atoms in total. The molecule has 1 amide bonds. The van der Waals surface area contributed by atoms with E-state index in [-0.39, 0.29) is 11.3 Å². The standard InChI is InChI=1S/C15H13FN2O3/c16-10-5-6-13(9(7-10)8-17)18-14(19)11-3-1-2-4-12(11)15(20)21/h1-2,5-7,11-12H,3-4H2,(H,18,19)(H,20,21)/t11-,12+/m1/s1. The maximum Gasteiger partial charge on any atom is 0.307 e. The van der Waals surface area contributed by atoms with Crippen LogP contribution in [0.5, 0.6) is 0 Å². The van der Waals surface area contributed by atoms with Crippen molar-refractivity contribution in [3.8, 4) is 6.07 Å². The molecule has 0 aliphatic heterocycles. The number of carbonyl (C=O) groups is 2. The van der Waals surface area contributed by atoms with E-state index >= 15 is 0 Å². The Hall–Kier alpha value is -2.68. The quantitative estimate of drug-likeness (QED) is 0.835. The zero-order chi connectivity index (χ0) is 15.4. The molecular formula is C15H13FN2O3. The Kier molecular flexibility index (Phi) is 4.33. The van der Waals surface area contributed by atoms with Crippen LogP contribution in [0.2, 0.25) is 0 Å². The van der Waals surface area contributed by atoms with E-state index in [4.69, 9.17) is 10.4 Å². The van der Waals surface area contributed by atoms with E-state index in [1.54, 1.807) is 18.2 Å². The SMILES string of the molecule is N#Cc1cc(F)ccc1NC(=O)[C@@H]1CC=CC[C@@H]1C(=O)O. The first kappa shape index (κ1) is 14.7. The third-order valence-electron chi connectivity index (χ3n) is 3.45. The van der Waals surface area contributed by atoms with Crippen LogP contribution in [0.15, 0.2) is 30.4 Å². The number of rotatable bonds is 3. The van der Waals surface area contributed by atoms with Crippen LogP contribution in [0, 0.1) is 29.0 Å². The molecule has 1 aromatic rings. The molecule has 0 saturated heterocycles. The number of hydrogen-bond acceptors (Lipinski definition) is 3. The number of carboxylic acids is 1. The predicted octanol–water partition coefficient (Wildman–Crippen LogP) is 2.30. The second-order valence-corrected chi connectivity index (χ2v) is 4.78. The molecular weight excluding hydrogens is 275 g/mol. The number of nitriles is 1. The highest BCUT2D eigenvalue weighted by molar-refractivity contribution is 5.96. The molecule has 0 fully saturated rings. The second kappa shape index (κ2) is 6.18. The van der Waals surface area contributed by atoms with Crippen LogP contribution in [0.1, 0.15) is 18.4 Å². The summed E-state index contributed by atoms with van der Waals surface area (Å²) in [6.07, 6.45) is 4.12. The van der Waals surface area contributed by atoms with Crippen LogP contribution in [0.25, 0.3) is 0 Å². The van der Waals surface area contributed by atoms with Crippen LogP contribution in [-0.4, -0.2) is 17.0 Å². The molecule has 0 bridgehead atoms. The van der Waals surface area contributed by atoms with Crippen molar-refractivity contribution in [2.45, 2.75) is 12.8 Å². The number of allylic oxidation sites excluding steroid dienone is 2. The van der Waals surface area contributed by atoms with Crippen molar-refractivity contribution in [2.75, 3.05) is 5.32 Å². The highest BCUT2D eigenvalue weighted by Crippen LogP contribution is 2.28. The molecule has 1 aliphatic carbocycles. The maximum atomic E-state index is 13.0. The van der Waals surface area contributed by atoms with Gasteiger partial charge >= 0.3 is 5.97 Å². The summed E-state index contributed by atoms with van der Waals surface area (Å²) in [7, 11) is 0. The fourth-order valence-electron chi connectivity index (χ4n) is 2.32. The van der Waals surface area contributed by atoms with Crippen LogP contribution >= 0.6 is 0 Å². The number of anilines is 1. The number of carbonyl (C=O) groups excluding carboxylic acids is 1. The fourth-order valence-corrected chi connectivity index (χ4v) is 2.32. The zero-order valence-electron chi connectivity index (χ0n) is 11.0. The van der Waals surface area contributed by atoms with Gasteiger partial charge in [-0.3, -0.25) is 9.59 Å². The van der Waals surface area contributed by atoms with Crippen molar-refractivity contribution in [3.05, 3.63) is 41.7 Å². The van der Waals surface area contributed by atoms with Gasteiger partial charge in [0.15, 0.2) is 0 Å². The topological polar surface area (TPSA) is 90.2 Å². The number of amides is 1. The van der Waals surface area contributed by atoms with Crippen LogP contribution < -0.4 is 5.32 Å². The lowest BCUT2D eigenvalue weighted by Crippen LogP contribution is -2.34. The van der Waals surface area contributed by atoms with Crippen molar-refractivity contribution in [2.24, 2.45) is 11.8 Å². The summed E-state index contributed by atoms with van der Waals surface area (Å²) in [5.41, 5.74) is 0.184. The molecule has 2 atom stereocenters. The molecule has 21 heavy (non-hydrogen) atoms. The van der Waals surface area contributed by atoms with E-state index < -0.39 is 29.5 Å². The van der Waals surface area contributed by atoms with E-state index in [0.717, 1.165) is 12.1 Å². The molecule has 0 aromatic heterocycles. The van der Waals surface area contributed by atoms with Gasteiger partial charge in [0, 0.05) is 0 Å². The lowest BCUT2D eigenvalue weighted by molar-refractivity contribution is -0.146. The summed E-state index contributed by atoms with van der Waals surface area (Å²) < 4.78 is 13.0. The van der Waals surface area contributed by atoms with Gasteiger partial charge in [0.05, 0.1) is 23.1 Å². The van der Waals surface area contributed by atoms with Crippen LogP contribution in [-0.2, 0) is 9.59 Å². The minimum absolute atomic E-state index is 0.00146. The van der Waals surface area contributed by atoms with E-state index in [1.807, 2.05) is 0 Å². The zero-order valence-corrected chi connectivity index (χ0v) is 11.0. The molecule has 6 heteroatoms. The van der Waals surface area contributed by atoms with Gasteiger partial charge in [0.25, 0.3) is 0 Å². The lowest BCUT2D eigenvalue weighted by Gasteiger charge is -2.24. The third-order valence-corrected chi connectivity index (χ3v) is 3.45. The minimum atomic E-state index is -1.03.